The molecule has 3 aliphatic rings. The van der Waals surface area contributed by atoms with Crippen LogP contribution in [-0.4, -0.2) is 0 Å². The van der Waals surface area contributed by atoms with Crippen molar-refractivity contribution in [1.29, 1.82) is 0 Å². The molecule has 1 unspecified atom stereocenters. The summed E-state index contributed by atoms with van der Waals surface area (Å²) < 4.78 is 0. The number of fused-ring (bicyclic) bond motifs is 9. The zero-order chi connectivity index (χ0) is 42.1. The molecule has 1 N–H and O–H groups in total. The number of benzene rings is 8. The molecule has 0 spiro atoms. The molecule has 0 saturated carbocycles. The maximum absolute atomic E-state index is 4.03. The average Bonchev–Trinajstić information content (AvgIpc) is 3.77. The van der Waals surface area contributed by atoms with E-state index in [-0.39, 0.29) is 21.7 Å². The Morgan fingerprint density at radius 2 is 0.951 bits per heavy atom. The molecular formula is C60H53N. The monoisotopic (exact) mass is 787 g/mol. The molecule has 1 heteroatoms. The standard InChI is InChI=1S/C60H53N/c1-57(2,3)39-27-29-45-52(35-39)59(6,7)51-33-31-41(37-26-32-49-47(34-37)43-21-12-15-23-48(43)58(49,4)5)55(56(45)51)46-22-14-17-25-54(46)61-40-28-30-44-42-20-13-16-24-50(42)60(8,53(44)36-40)38-18-10-9-11-19-38/h9-36,61H,1-8H3. The number of nitrogens with one attached hydrogen (secondary N) is 1. The van der Waals surface area contributed by atoms with Gasteiger partial charge in [-0.3, -0.25) is 0 Å². The summed E-state index contributed by atoms with van der Waals surface area (Å²) in [6.07, 6.45) is 0. The van der Waals surface area contributed by atoms with Crippen molar-refractivity contribution in [3.8, 4) is 55.6 Å². The van der Waals surface area contributed by atoms with Crippen molar-refractivity contribution in [1.82, 2.24) is 0 Å². The van der Waals surface area contributed by atoms with Crippen LogP contribution in [-0.2, 0) is 21.7 Å². The van der Waals surface area contributed by atoms with Crippen molar-refractivity contribution in [2.24, 2.45) is 0 Å². The van der Waals surface area contributed by atoms with Crippen LogP contribution in [0.3, 0.4) is 0 Å². The summed E-state index contributed by atoms with van der Waals surface area (Å²) in [6.45, 7) is 18.9. The molecular weight excluding hydrogens is 735 g/mol. The van der Waals surface area contributed by atoms with Gasteiger partial charge in [0.25, 0.3) is 0 Å². The van der Waals surface area contributed by atoms with Crippen LogP contribution in [0.2, 0.25) is 0 Å². The van der Waals surface area contributed by atoms with E-state index in [4.69, 9.17) is 0 Å². The van der Waals surface area contributed by atoms with Gasteiger partial charge < -0.3 is 5.32 Å². The summed E-state index contributed by atoms with van der Waals surface area (Å²) in [5, 5.41) is 4.03. The smallest absolute Gasteiger partial charge is 0.0464 e. The fourth-order valence-corrected chi connectivity index (χ4v) is 11.3. The Kier molecular flexibility index (Phi) is 8.02. The first-order valence-electron chi connectivity index (χ1n) is 22.0. The maximum atomic E-state index is 4.03. The maximum Gasteiger partial charge on any atom is 0.0464 e. The highest BCUT2D eigenvalue weighted by Crippen LogP contribution is 2.58. The Morgan fingerprint density at radius 3 is 1.70 bits per heavy atom. The summed E-state index contributed by atoms with van der Waals surface area (Å²) in [4.78, 5) is 0. The molecule has 0 aliphatic heterocycles. The second-order valence-corrected chi connectivity index (χ2v) is 19.9. The molecule has 8 aromatic carbocycles. The van der Waals surface area contributed by atoms with E-state index >= 15 is 0 Å². The van der Waals surface area contributed by atoms with E-state index in [1.807, 2.05) is 0 Å². The number of para-hydroxylation sites is 1. The zero-order valence-electron chi connectivity index (χ0n) is 36.7. The molecule has 0 radical (unpaired) electrons. The second kappa shape index (κ2) is 13.0. The van der Waals surface area contributed by atoms with Gasteiger partial charge in [-0.05, 0) is 131 Å². The lowest BCUT2D eigenvalue weighted by Crippen LogP contribution is -2.22. The fraction of sp³-hybridized carbons (Fsp3) is 0.200. The first-order chi connectivity index (χ1) is 29.3. The van der Waals surface area contributed by atoms with Crippen LogP contribution in [0.5, 0.6) is 0 Å². The lowest BCUT2D eigenvalue weighted by molar-refractivity contribution is 0.584. The van der Waals surface area contributed by atoms with Crippen molar-refractivity contribution in [3.63, 3.8) is 0 Å². The van der Waals surface area contributed by atoms with Gasteiger partial charge in [0, 0.05) is 33.2 Å². The molecule has 0 saturated heterocycles. The molecule has 0 heterocycles. The van der Waals surface area contributed by atoms with E-state index < -0.39 is 0 Å². The molecule has 11 rings (SSSR count). The Bertz CT molecular complexity index is 3100. The largest absolute Gasteiger partial charge is 0.355 e. The van der Waals surface area contributed by atoms with E-state index in [0.29, 0.717) is 0 Å². The van der Waals surface area contributed by atoms with Gasteiger partial charge in [0.05, 0.1) is 0 Å². The van der Waals surface area contributed by atoms with Crippen LogP contribution in [0.4, 0.5) is 11.4 Å². The Balaban J connectivity index is 1.12. The van der Waals surface area contributed by atoms with Gasteiger partial charge in [0.2, 0.25) is 0 Å². The van der Waals surface area contributed by atoms with Crippen molar-refractivity contribution >= 4 is 11.4 Å². The van der Waals surface area contributed by atoms with Crippen molar-refractivity contribution in [3.05, 3.63) is 214 Å². The van der Waals surface area contributed by atoms with Gasteiger partial charge in [-0.15, -0.1) is 0 Å². The van der Waals surface area contributed by atoms with Gasteiger partial charge >= 0.3 is 0 Å². The van der Waals surface area contributed by atoms with Crippen molar-refractivity contribution in [2.45, 2.75) is 77.0 Å². The summed E-state index contributed by atoms with van der Waals surface area (Å²) >= 11 is 0. The number of rotatable bonds is 5. The molecule has 61 heavy (non-hydrogen) atoms. The van der Waals surface area contributed by atoms with E-state index in [1.165, 1.54) is 100 Å². The third kappa shape index (κ3) is 5.39. The van der Waals surface area contributed by atoms with E-state index in [1.54, 1.807) is 0 Å². The molecule has 1 nitrogen and oxygen atoms in total. The fourth-order valence-electron chi connectivity index (χ4n) is 11.3. The van der Waals surface area contributed by atoms with Crippen molar-refractivity contribution < 1.29 is 0 Å². The molecule has 0 bridgehead atoms. The highest BCUT2D eigenvalue weighted by molar-refractivity contribution is 6.04. The van der Waals surface area contributed by atoms with Gasteiger partial charge in [0.15, 0.2) is 0 Å². The minimum absolute atomic E-state index is 0.0483. The highest BCUT2D eigenvalue weighted by atomic mass is 14.9. The highest BCUT2D eigenvalue weighted by Gasteiger charge is 2.42. The minimum Gasteiger partial charge on any atom is -0.355 e. The first kappa shape index (κ1) is 37.6. The van der Waals surface area contributed by atoms with E-state index in [9.17, 15) is 0 Å². The molecule has 1 atom stereocenters. The van der Waals surface area contributed by atoms with Crippen LogP contribution < -0.4 is 5.32 Å². The van der Waals surface area contributed by atoms with Gasteiger partial charge in [-0.25, -0.2) is 0 Å². The van der Waals surface area contributed by atoms with E-state index in [2.05, 4.69) is 231 Å². The quantitative estimate of drug-likeness (QED) is 0.183. The van der Waals surface area contributed by atoms with Crippen molar-refractivity contribution in [2.75, 3.05) is 5.32 Å². The minimum atomic E-state index is -0.278. The Hall–Kier alpha value is -6.44. The molecule has 0 aromatic heterocycles. The number of hydrogen-bond acceptors (Lipinski definition) is 1. The summed E-state index contributed by atoms with van der Waals surface area (Å²) in [6, 6.07) is 64.3. The lowest BCUT2D eigenvalue weighted by Gasteiger charge is -2.28. The molecule has 0 fully saturated rings. The van der Waals surface area contributed by atoms with E-state index in [0.717, 1.165) is 11.4 Å². The van der Waals surface area contributed by atoms with Crippen LogP contribution in [0, 0.1) is 0 Å². The predicted molar refractivity (Wildman–Crippen MR) is 258 cm³/mol. The average molecular weight is 788 g/mol. The lowest BCUT2D eigenvalue weighted by atomic mass is 9.74. The van der Waals surface area contributed by atoms with Crippen LogP contribution in [0.15, 0.2) is 170 Å². The Labute approximate surface area is 362 Å². The van der Waals surface area contributed by atoms with Gasteiger partial charge in [-0.1, -0.05) is 194 Å². The van der Waals surface area contributed by atoms with Gasteiger partial charge in [0.1, 0.15) is 0 Å². The van der Waals surface area contributed by atoms with Crippen LogP contribution in [0.1, 0.15) is 99.9 Å². The number of anilines is 2. The number of hydrogen-bond donors (Lipinski definition) is 1. The third-order valence-corrected chi connectivity index (χ3v) is 14.7. The first-order valence-corrected chi connectivity index (χ1v) is 22.0. The predicted octanol–water partition coefficient (Wildman–Crippen LogP) is 16.0. The summed E-state index contributed by atoms with van der Waals surface area (Å²) in [5.74, 6) is 0. The molecule has 3 aliphatic carbocycles. The zero-order valence-corrected chi connectivity index (χ0v) is 36.7. The Morgan fingerprint density at radius 1 is 0.377 bits per heavy atom. The summed E-state index contributed by atoms with van der Waals surface area (Å²) in [7, 11) is 0. The SMILES string of the molecule is CC(C)(C)c1ccc2c(c1)C(C)(C)c1ccc(-c3ccc4c(c3)-c3ccccc3C4(C)C)c(-c3ccccc3Nc3ccc4c(c3)C(C)(c3ccccc3)c3ccccc3-4)c1-2. The topological polar surface area (TPSA) is 12.0 Å². The van der Waals surface area contributed by atoms with Crippen LogP contribution in [0.25, 0.3) is 55.6 Å². The summed E-state index contributed by atoms with van der Waals surface area (Å²) in [5.41, 5.74) is 25.6. The second-order valence-electron chi connectivity index (χ2n) is 19.9. The normalized spacial score (nSPS) is 17.2. The van der Waals surface area contributed by atoms with Crippen LogP contribution >= 0.6 is 0 Å². The molecule has 298 valence electrons. The molecule has 0 amide bonds. The molecule has 8 aromatic rings. The van der Waals surface area contributed by atoms with Gasteiger partial charge in [-0.2, -0.15) is 0 Å². The third-order valence-electron chi connectivity index (χ3n) is 14.7.